The average molecular weight is 319 g/mol. The first-order valence-electron chi connectivity index (χ1n) is 7.30. The number of carbonyl (C=O) groups excluding carboxylic acids is 1. The zero-order valence-electron chi connectivity index (χ0n) is 12.8. The Labute approximate surface area is 134 Å². The molecule has 1 aromatic heterocycles. The van der Waals surface area contributed by atoms with E-state index in [4.69, 9.17) is 9.84 Å². The molecule has 0 saturated carbocycles. The lowest BCUT2D eigenvalue weighted by atomic mass is 10.0. The monoisotopic (exact) mass is 319 g/mol. The number of carbonyl (C=O) groups is 1. The molecule has 0 unspecified atom stereocenters. The van der Waals surface area contributed by atoms with Gasteiger partial charge in [-0.3, -0.25) is 4.79 Å². The predicted octanol–water partition coefficient (Wildman–Crippen LogP) is 3.17. The number of hydrogen-bond acceptors (Lipinski definition) is 4. The molecule has 2 rings (SSSR count). The fraction of sp³-hybridized carbons (Fsp3) is 0.353. The standard InChI is InChI=1S/C17H21NO3S/c1-12(2)14-7-10-22-16(14)17(20)18-11-13-5-3-4-6-15(13)21-9-8-19/h3-7,10,12,19H,8-9,11H2,1-2H3,(H,18,20). The lowest BCUT2D eigenvalue weighted by molar-refractivity contribution is 0.0953. The van der Waals surface area contributed by atoms with Gasteiger partial charge in [0, 0.05) is 12.1 Å². The van der Waals surface area contributed by atoms with Gasteiger partial charge in [-0.2, -0.15) is 0 Å². The first-order valence-corrected chi connectivity index (χ1v) is 8.18. The number of amides is 1. The minimum Gasteiger partial charge on any atom is -0.491 e. The van der Waals surface area contributed by atoms with Gasteiger partial charge in [-0.15, -0.1) is 11.3 Å². The van der Waals surface area contributed by atoms with Gasteiger partial charge in [-0.05, 0) is 29.0 Å². The van der Waals surface area contributed by atoms with Gasteiger partial charge in [0.15, 0.2) is 0 Å². The number of hydrogen-bond donors (Lipinski definition) is 2. The average Bonchev–Trinajstić information content (AvgIpc) is 3.01. The van der Waals surface area contributed by atoms with E-state index in [-0.39, 0.29) is 19.1 Å². The van der Waals surface area contributed by atoms with Crippen LogP contribution < -0.4 is 10.1 Å². The molecule has 1 amide bonds. The molecular formula is C17H21NO3S. The van der Waals surface area contributed by atoms with Crippen molar-refractivity contribution in [3.8, 4) is 5.75 Å². The minimum absolute atomic E-state index is 0.0341. The number of rotatable bonds is 7. The van der Waals surface area contributed by atoms with Crippen molar-refractivity contribution in [2.24, 2.45) is 0 Å². The second-order valence-electron chi connectivity index (χ2n) is 5.22. The van der Waals surface area contributed by atoms with Gasteiger partial charge in [0.25, 0.3) is 5.91 Å². The molecule has 22 heavy (non-hydrogen) atoms. The normalized spacial score (nSPS) is 10.7. The number of para-hydroxylation sites is 1. The maximum Gasteiger partial charge on any atom is 0.261 e. The Morgan fingerprint density at radius 2 is 2.09 bits per heavy atom. The Morgan fingerprint density at radius 3 is 2.82 bits per heavy atom. The highest BCUT2D eigenvalue weighted by atomic mass is 32.1. The van der Waals surface area contributed by atoms with Crippen molar-refractivity contribution in [2.45, 2.75) is 26.3 Å². The fourth-order valence-corrected chi connectivity index (χ4v) is 3.13. The molecule has 0 aliphatic heterocycles. The highest BCUT2D eigenvalue weighted by Gasteiger charge is 2.15. The van der Waals surface area contributed by atoms with Crippen molar-refractivity contribution in [3.05, 3.63) is 51.7 Å². The molecule has 0 fully saturated rings. The summed E-state index contributed by atoms with van der Waals surface area (Å²) in [6, 6.07) is 9.52. The SMILES string of the molecule is CC(C)c1ccsc1C(=O)NCc1ccccc1OCCO. The summed E-state index contributed by atoms with van der Waals surface area (Å²) < 4.78 is 5.47. The quantitative estimate of drug-likeness (QED) is 0.824. The summed E-state index contributed by atoms with van der Waals surface area (Å²) in [5, 5.41) is 13.7. The first-order chi connectivity index (χ1) is 10.6. The molecule has 0 saturated heterocycles. The van der Waals surface area contributed by atoms with E-state index in [2.05, 4.69) is 19.2 Å². The zero-order valence-corrected chi connectivity index (χ0v) is 13.7. The second kappa shape index (κ2) is 7.96. The van der Waals surface area contributed by atoms with E-state index in [1.807, 2.05) is 35.7 Å². The van der Waals surface area contributed by atoms with Gasteiger partial charge in [0.05, 0.1) is 11.5 Å². The number of benzene rings is 1. The van der Waals surface area contributed by atoms with Crippen LogP contribution in [0.4, 0.5) is 0 Å². The summed E-state index contributed by atoms with van der Waals surface area (Å²) in [5.41, 5.74) is 1.97. The Kier molecular flexibility index (Phi) is 5.98. The Bertz CT molecular complexity index is 622. The van der Waals surface area contributed by atoms with E-state index in [0.29, 0.717) is 18.2 Å². The van der Waals surface area contributed by atoms with Crippen LogP contribution in [0.1, 0.15) is 40.6 Å². The van der Waals surface area contributed by atoms with Crippen LogP contribution >= 0.6 is 11.3 Å². The molecule has 0 spiro atoms. The summed E-state index contributed by atoms with van der Waals surface area (Å²) in [7, 11) is 0. The molecule has 0 aliphatic rings. The Hall–Kier alpha value is -1.85. The third-order valence-electron chi connectivity index (χ3n) is 3.28. The summed E-state index contributed by atoms with van der Waals surface area (Å²) in [4.78, 5) is 13.1. The van der Waals surface area contributed by atoms with E-state index in [0.717, 1.165) is 16.0 Å². The van der Waals surface area contributed by atoms with Gasteiger partial charge in [0.2, 0.25) is 0 Å². The van der Waals surface area contributed by atoms with Gasteiger partial charge in [-0.1, -0.05) is 32.0 Å². The van der Waals surface area contributed by atoms with E-state index >= 15 is 0 Å². The molecule has 1 heterocycles. The van der Waals surface area contributed by atoms with Gasteiger partial charge < -0.3 is 15.2 Å². The lowest BCUT2D eigenvalue weighted by Gasteiger charge is -2.12. The molecule has 2 aromatic rings. The van der Waals surface area contributed by atoms with Crippen molar-refractivity contribution in [1.29, 1.82) is 0 Å². The Morgan fingerprint density at radius 1 is 1.32 bits per heavy atom. The molecule has 0 bridgehead atoms. The van der Waals surface area contributed by atoms with E-state index in [1.165, 1.54) is 11.3 Å². The van der Waals surface area contributed by atoms with Crippen molar-refractivity contribution in [1.82, 2.24) is 5.32 Å². The second-order valence-corrected chi connectivity index (χ2v) is 6.14. The van der Waals surface area contributed by atoms with Gasteiger partial charge >= 0.3 is 0 Å². The third-order valence-corrected chi connectivity index (χ3v) is 4.21. The number of thiophene rings is 1. The highest BCUT2D eigenvalue weighted by molar-refractivity contribution is 7.12. The molecule has 1 aromatic carbocycles. The molecule has 5 heteroatoms. The maximum atomic E-state index is 12.3. The first kappa shape index (κ1) is 16.5. The number of aliphatic hydroxyl groups is 1. The molecule has 118 valence electrons. The summed E-state index contributed by atoms with van der Waals surface area (Å²) in [6.07, 6.45) is 0. The highest BCUT2D eigenvalue weighted by Crippen LogP contribution is 2.25. The van der Waals surface area contributed by atoms with Gasteiger partial charge in [0.1, 0.15) is 12.4 Å². The largest absolute Gasteiger partial charge is 0.491 e. The molecule has 0 radical (unpaired) electrons. The number of nitrogens with one attached hydrogen (secondary N) is 1. The van der Waals surface area contributed by atoms with Gasteiger partial charge in [-0.25, -0.2) is 0 Å². The third kappa shape index (κ3) is 4.08. The van der Waals surface area contributed by atoms with Crippen molar-refractivity contribution in [3.63, 3.8) is 0 Å². The van der Waals surface area contributed by atoms with Crippen LogP contribution in [-0.2, 0) is 6.54 Å². The molecule has 4 nitrogen and oxygen atoms in total. The fourth-order valence-electron chi connectivity index (χ4n) is 2.16. The van der Waals surface area contributed by atoms with Crippen molar-refractivity contribution < 1.29 is 14.6 Å². The Balaban J connectivity index is 2.03. The topological polar surface area (TPSA) is 58.6 Å². The van der Waals surface area contributed by atoms with Crippen LogP contribution in [0.3, 0.4) is 0 Å². The molecular weight excluding hydrogens is 298 g/mol. The van der Waals surface area contributed by atoms with Crippen LogP contribution in [0.25, 0.3) is 0 Å². The number of ether oxygens (including phenoxy) is 1. The zero-order chi connectivity index (χ0) is 15.9. The van der Waals surface area contributed by atoms with E-state index < -0.39 is 0 Å². The number of aliphatic hydroxyl groups excluding tert-OH is 1. The summed E-state index contributed by atoms with van der Waals surface area (Å²) >= 11 is 1.46. The van der Waals surface area contributed by atoms with Crippen LogP contribution in [0.2, 0.25) is 0 Å². The van der Waals surface area contributed by atoms with Crippen LogP contribution in [0, 0.1) is 0 Å². The van der Waals surface area contributed by atoms with Crippen LogP contribution in [0.15, 0.2) is 35.7 Å². The molecule has 2 N–H and O–H groups in total. The van der Waals surface area contributed by atoms with Crippen molar-refractivity contribution >= 4 is 17.2 Å². The summed E-state index contributed by atoms with van der Waals surface area (Å²) in [6.45, 7) is 4.77. The predicted molar refractivity (Wildman–Crippen MR) is 88.6 cm³/mol. The summed E-state index contributed by atoms with van der Waals surface area (Å²) in [5.74, 6) is 0.954. The lowest BCUT2D eigenvalue weighted by Crippen LogP contribution is -2.23. The molecule has 0 atom stereocenters. The minimum atomic E-state index is -0.0596. The maximum absolute atomic E-state index is 12.3. The van der Waals surface area contributed by atoms with Crippen LogP contribution in [-0.4, -0.2) is 24.2 Å². The molecule has 0 aliphatic carbocycles. The van der Waals surface area contributed by atoms with Crippen molar-refractivity contribution in [2.75, 3.05) is 13.2 Å². The van der Waals surface area contributed by atoms with Crippen LogP contribution in [0.5, 0.6) is 5.75 Å². The van der Waals surface area contributed by atoms with E-state index in [9.17, 15) is 4.79 Å². The van der Waals surface area contributed by atoms with E-state index in [1.54, 1.807) is 0 Å². The smallest absolute Gasteiger partial charge is 0.261 e.